The van der Waals surface area contributed by atoms with Crippen molar-refractivity contribution in [1.29, 1.82) is 0 Å². The molecule has 0 aromatic rings. The van der Waals surface area contributed by atoms with Gasteiger partial charge in [-0.15, -0.1) is 0 Å². The predicted molar refractivity (Wildman–Crippen MR) is 73.6 cm³/mol. The van der Waals surface area contributed by atoms with Crippen LogP contribution in [0.3, 0.4) is 0 Å². The average molecular weight is 220 g/mol. The van der Waals surface area contributed by atoms with Crippen LogP contribution in [0.1, 0.15) is 71.6 Å². The van der Waals surface area contributed by atoms with Crippen molar-refractivity contribution in [3.8, 4) is 0 Å². The fourth-order valence-corrected chi connectivity index (χ4v) is 2.42. The van der Waals surface area contributed by atoms with Gasteiger partial charge in [0.1, 0.15) is 0 Å². The lowest BCUT2D eigenvalue weighted by Crippen LogP contribution is -1.96. The quantitative estimate of drug-likeness (QED) is 0.440. The molecule has 0 heterocycles. The average Bonchev–Trinajstić information content (AvgIpc) is 2.81. The van der Waals surface area contributed by atoms with E-state index in [4.69, 9.17) is 0 Å². The second kappa shape index (κ2) is 8.61. The third-order valence-corrected chi connectivity index (χ3v) is 3.61. The van der Waals surface area contributed by atoms with Crippen LogP contribution in [-0.4, -0.2) is 0 Å². The Morgan fingerprint density at radius 3 is 2.38 bits per heavy atom. The first-order valence-corrected chi connectivity index (χ1v) is 7.21. The molecule has 0 saturated heterocycles. The van der Waals surface area contributed by atoms with Crippen molar-refractivity contribution in [2.24, 2.45) is 5.92 Å². The van der Waals surface area contributed by atoms with E-state index in [2.05, 4.69) is 32.1 Å². The summed E-state index contributed by atoms with van der Waals surface area (Å²) in [5, 5.41) is 0. The van der Waals surface area contributed by atoms with Gasteiger partial charge in [0, 0.05) is 0 Å². The highest BCUT2D eigenvalue weighted by Crippen LogP contribution is 2.23. The molecule has 0 bridgehead atoms. The summed E-state index contributed by atoms with van der Waals surface area (Å²) in [5.41, 5.74) is 1.57. The number of unbranched alkanes of at least 4 members (excludes halogenated alkanes) is 6. The van der Waals surface area contributed by atoms with Gasteiger partial charge >= 0.3 is 0 Å². The largest absolute Gasteiger partial charge is 0.0805 e. The molecular weight excluding hydrogens is 192 g/mol. The molecule has 1 rings (SSSR count). The molecule has 1 atom stereocenters. The van der Waals surface area contributed by atoms with Crippen molar-refractivity contribution in [3.05, 3.63) is 23.8 Å². The van der Waals surface area contributed by atoms with E-state index in [1.165, 1.54) is 51.4 Å². The van der Waals surface area contributed by atoms with Gasteiger partial charge in [0.25, 0.3) is 0 Å². The van der Waals surface area contributed by atoms with E-state index in [0.29, 0.717) is 0 Å². The van der Waals surface area contributed by atoms with E-state index in [0.717, 1.165) is 12.3 Å². The first kappa shape index (κ1) is 13.5. The van der Waals surface area contributed by atoms with Crippen LogP contribution in [0.25, 0.3) is 0 Å². The predicted octanol–water partition coefficient (Wildman–Crippen LogP) is 5.65. The topological polar surface area (TPSA) is 0 Å². The Hall–Kier alpha value is -0.520. The molecule has 0 radical (unpaired) electrons. The van der Waals surface area contributed by atoms with Crippen molar-refractivity contribution in [2.45, 2.75) is 71.6 Å². The van der Waals surface area contributed by atoms with Crippen LogP contribution >= 0.6 is 0 Å². The van der Waals surface area contributed by atoms with Gasteiger partial charge < -0.3 is 0 Å². The maximum atomic E-state index is 2.38. The smallest absolute Gasteiger partial charge is 0.0160 e. The molecule has 16 heavy (non-hydrogen) atoms. The summed E-state index contributed by atoms with van der Waals surface area (Å²) in [7, 11) is 0. The standard InChI is InChI=1S/C16H28/c1-3-4-5-6-7-8-9-12-15(2)16-13-10-11-14-16/h10,13-15H,3-9,11-12H2,1-2H3. The Morgan fingerprint density at radius 1 is 1.06 bits per heavy atom. The van der Waals surface area contributed by atoms with E-state index in [-0.39, 0.29) is 0 Å². The molecule has 0 aliphatic heterocycles. The maximum Gasteiger partial charge on any atom is -0.0160 e. The molecule has 0 aromatic heterocycles. The van der Waals surface area contributed by atoms with Gasteiger partial charge in [-0.3, -0.25) is 0 Å². The monoisotopic (exact) mass is 220 g/mol. The van der Waals surface area contributed by atoms with Crippen molar-refractivity contribution in [1.82, 2.24) is 0 Å². The van der Waals surface area contributed by atoms with Crippen LogP contribution in [0.15, 0.2) is 23.8 Å². The van der Waals surface area contributed by atoms with Gasteiger partial charge in [0.15, 0.2) is 0 Å². The van der Waals surface area contributed by atoms with Crippen molar-refractivity contribution < 1.29 is 0 Å². The molecule has 0 aromatic carbocycles. The molecule has 0 amide bonds. The first-order chi connectivity index (χ1) is 7.84. The molecule has 0 heteroatoms. The van der Waals surface area contributed by atoms with Gasteiger partial charge in [0.2, 0.25) is 0 Å². The number of rotatable bonds is 9. The Balaban J connectivity index is 1.92. The summed E-state index contributed by atoms with van der Waals surface area (Å²) in [6.45, 7) is 4.66. The Kier molecular flexibility index (Phi) is 7.29. The third-order valence-electron chi connectivity index (χ3n) is 3.61. The first-order valence-electron chi connectivity index (χ1n) is 7.21. The zero-order valence-electron chi connectivity index (χ0n) is 11.2. The fraction of sp³-hybridized carbons (Fsp3) is 0.750. The van der Waals surface area contributed by atoms with Gasteiger partial charge in [-0.25, -0.2) is 0 Å². The van der Waals surface area contributed by atoms with Crippen LogP contribution in [0.4, 0.5) is 0 Å². The highest BCUT2D eigenvalue weighted by atomic mass is 14.1. The summed E-state index contributed by atoms with van der Waals surface area (Å²) in [5.74, 6) is 0.786. The molecule has 0 N–H and O–H groups in total. The maximum absolute atomic E-state index is 2.38. The molecule has 0 nitrogen and oxygen atoms in total. The van der Waals surface area contributed by atoms with Gasteiger partial charge in [0.05, 0.1) is 0 Å². The van der Waals surface area contributed by atoms with E-state index < -0.39 is 0 Å². The molecule has 1 aliphatic carbocycles. The normalized spacial score (nSPS) is 16.5. The summed E-state index contributed by atoms with van der Waals surface area (Å²) >= 11 is 0. The van der Waals surface area contributed by atoms with Gasteiger partial charge in [-0.1, -0.05) is 77.0 Å². The van der Waals surface area contributed by atoms with Crippen molar-refractivity contribution >= 4 is 0 Å². The van der Waals surface area contributed by atoms with Crippen LogP contribution in [0.5, 0.6) is 0 Å². The van der Waals surface area contributed by atoms with Gasteiger partial charge in [-0.2, -0.15) is 0 Å². The van der Waals surface area contributed by atoms with Gasteiger partial charge in [-0.05, 0) is 24.3 Å². The molecule has 0 fully saturated rings. The van der Waals surface area contributed by atoms with E-state index in [9.17, 15) is 0 Å². The second-order valence-electron chi connectivity index (χ2n) is 5.15. The number of hydrogen-bond donors (Lipinski definition) is 0. The zero-order valence-corrected chi connectivity index (χ0v) is 11.2. The minimum absolute atomic E-state index is 0.786. The van der Waals surface area contributed by atoms with Crippen LogP contribution in [0, 0.1) is 5.92 Å². The summed E-state index contributed by atoms with van der Waals surface area (Å²) in [6, 6.07) is 0. The highest BCUT2D eigenvalue weighted by Gasteiger charge is 2.07. The summed E-state index contributed by atoms with van der Waals surface area (Å²) in [4.78, 5) is 0. The molecule has 92 valence electrons. The summed E-state index contributed by atoms with van der Waals surface area (Å²) in [6.07, 6.45) is 19.5. The lowest BCUT2D eigenvalue weighted by atomic mass is 9.95. The SMILES string of the molecule is CCCCCCCCCC(C)C1=CCC=C1. The van der Waals surface area contributed by atoms with E-state index >= 15 is 0 Å². The Labute approximate surface area is 102 Å². The van der Waals surface area contributed by atoms with Crippen LogP contribution in [-0.2, 0) is 0 Å². The molecule has 0 saturated carbocycles. The Bertz CT molecular complexity index is 222. The second-order valence-corrected chi connectivity index (χ2v) is 5.15. The molecule has 1 aliphatic rings. The molecule has 1 unspecified atom stereocenters. The Morgan fingerprint density at radius 2 is 1.75 bits per heavy atom. The number of hydrogen-bond acceptors (Lipinski definition) is 0. The van der Waals surface area contributed by atoms with E-state index in [1.54, 1.807) is 5.57 Å². The lowest BCUT2D eigenvalue weighted by molar-refractivity contribution is 0.529. The lowest BCUT2D eigenvalue weighted by Gasteiger charge is -2.11. The molecular formula is C16H28. The molecule has 0 spiro atoms. The number of allylic oxidation sites excluding steroid dienone is 4. The van der Waals surface area contributed by atoms with Crippen LogP contribution in [0.2, 0.25) is 0 Å². The minimum Gasteiger partial charge on any atom is -0.0805 e. The van der Waals surface area contributed by atoms with Crippen LogP contribution < -0.4 is 0 Å². The van der Waals surface area contributed by atoms with E-state index in [1.807, 2.05) is 0 Å². The third kappa shape index (κ3) is 5.53. The minimum atomic E-state index is 0.786. The summed E-state index contributed by atoms with van der Waals surface area (Å²) < 4.78 is 0. The zero-order chi connectivity index (χ0) is 11.6. The fourth-order valence-electron chi connectivity index (χ4n) is 2.42. The van der Waals surface area contributed by atoms with Crippen molar-refractivity contribution in [2.75, 3.05) is 0 Å². The highest BCUT2D eigenvalue weighted by molar-refractivity contribution is 5.27. The van der Waals surface area contributed by atoms with Crippen molar-refractivity contribution in [3.63, 3.8) is 0 Å².